The molecule has 6 nitrogen and oxygen atoms in total. The molecule has 0 atom stereocenters. The van der Waals surface area contributed by atoms with Gasteiger partial charge in [0.2, 0.25) is 0 Å². The van der Waals surface area contributed by atoms with Crippen LogP contribution in [0.3, 0.4) is 0 Å². The molecule has 0 radical (unpaired) electrons. The van der Waals surface area contributed by atoms with Crippen molar-refractivity contribution >= 4 is 93.4 Å². The standard InChI is InChI=1S/C86H56N6/c1-4-19-57(20-5-1)59-35-44-67(45-36-59)89(68-46-37-60(38-47-68)58-21-6-2-7-22-58)69-48-39-61(40-49-69)62-41-50-83-75(54-62)72-28-12-16-33-80(72)91(83)70-26-18-23-65(53-70)85-87-78-31-14-10-30-74(78)86(88-85)92-81-34-17-13-29-73(81)77-56-64(43-52-84(77)92)63-42-51-82-76(55-63)71-27-11-15-32-79(71)90(82)66-24-8-3-9-25-66/h1-56H. The van der Waals surface area contributed by atoms with E-state index in [4.69, 9.17) is 9.97 Å². The van der Waals surface area contributed by atoms with E-state index in [-0.39, 0.29) is 0 Å². The van der Waals surface area contributed by atoms with Crippen LogP contribution in [-0.2, 0) is 0 Å². The number of para-hydroxylation sites is 5. The minimum atomic E-state index is 0.657. The molecule has 430 valence electrons. The van der Waals surface area contributed by atoms with Crippen LogP contribution in [0.1, 0.15) is 0 Å². The predicted octanol–water partition coefficient (Wildman–Crippen LogP) is 22.7. The summed E-state index contributed by atoms with van der Waals surface area (Å²) in [4.78, 5) is 13.3. The van der Waals surface area contributed by atoms with Crippen molar-refractivity contribution in [3.63, 3.8) is 0 Å². The quantitative estimate of drug-likeness (QED) is 0.130. The first-order valence-corrected chi connectivity index (χ1v) is 31.4. The highest BCUT2D eigenvalue weighted by Crippen LogP contribution is 2.43. The fraction of sp³-hybridized carbons (Fsp3) is 0. The smallest absolute Gasteiger partial charge is 0.162 e. The lowest BCUT2D eigenvalue weighted by atomic mass is 10.0. The van der Waals surface area contributed by atoms with Crippen LogP contribution in [0.25, 0.3) is 149 Å². The van der Waals surface area contributed by atoms with Gasteiger partial charge in [0.15, 0.2) is 5.82 Å². The maximum absolute atomic E-state index is 5.60. The van der Waals surface area contributed by atoms with E-state index in [0.717, 1.165) is 100 Å². The van der Waals surface area contributed by atoms with Crippen LogP contribution in [0, 0.1) is 0 Å². The number of nitrogens with zero attached hydrogens (tertiary/aromatic N) is 6. The van der Waals surface area contributed by atoms with Crippen molar-refractivity contribution in [1.82, 2.24) is 23.7 Å². The van der Waals surface area contributed by atoms with E-state index < -0.39 is 0 Å². The number of hydrogen-bond donors (Lipinski definition) is 0. The Bertz CT molecular complexity index is 5760. The molecule has 6 heteroatoms. The molecule has 4 heterocycles. The minimum absolute atomic E-state index is 0.657. The van der Waals surface area contributed by atoms with E-state index >= 15 is 0 Å². The number of anilines is 3. The second-order valence-electron chi connectivity index (χ2n) is 23.7. The summed E-state index contributed by atoms with van der Waals surface area (Å²) in [6.07, 6.45) is 0. The fourth-order valence-electron chi connectivity index (χ4n) is 14.1. The molecule has 0 N–H and O–H groups in total. The van der Waals surface area contributed by atoms with Crippen LogP contribution in [-0.4, -0.2) is 23.7 Å². The highest BCUT2D eigenvalue weighted by molar-refractivity contribution is 6.14. The Morgan fingerprint density at radius 1 is 0.207 bits per heavy atom. The maximum Gasteiger partial charge on any atom is 0.162 e. The number of rotatable bonds is 11. The van der Waals surface area contributed by atoms with Gasteiger partial charge in [-0.3, -0.25) is 4.57 Å². The lowest BCUT2D eigenvalue weighted by Crippen LogP contribution is -2.09. The molecule has 18 rings (SSSR count). The minimum Gasteiger partial charge on any atom is -0.311 e. The molecule has 0 spiro atoms. The lowest BCUT2D eigenvalue weighted by molar-refractivity contribution is 1.07. The Balaban J connectivity index is 0.700. The SMILES string of the molecule is c1ccc(-c2ccc(N(c3ccc(-c4ccccc4)cc3)c3ccc(-c4ccc5c(c4)c4ccccc4n5-c4cccc(-c5nc(-n6c7ccccc7c7cc(-c8ccc9c(c8)c8ccccc8n9-c8ccccc8)ccc76)c6ccccc6n5)c4)cc3)cc2)cc1. The molecule has 0 amide bonds. The first-order chi connectivity index (χ1) is 45.6. The van der Waals surface area contributed by atoms with Crippen LogP contribution in [0.15, 0.2) is 340 Å². The Hall–Kier alpha value is -12.4. The van der Waals surface area contributed by atoms with E-state index in [1.807, 2.05) is 0 Å². The summed E-state index contributed by atoms with van der Waals surface area (Å²) in [6, 6.07) is 123. The van der Waals surface area contributed by atoms with Gasteiger partial charge in [-0.1, -0.05) is 212 Å². The zero-order chi connectivity index (χ0) is 60.6. The summed E-state index contributed by atoms with van der Waals surface area (Å²) in [6.45, 7) is 0. The zero-order valence-electron chi connectivity index (χ0n) is 50.0. The first kappa shape index (κ1) is 52.7. The van der Waals surface area contributed by atoms with E-state index in [1.54, 1.807) is 0 Å². The van der Waals surface area contributed by atoms with Crippen molar-refractivity contribution < 1.29 is 0 Å². The van der Waals surface area contributed by atoms with E-state index in [1.165, 1.54) is 60.4 Å². The van der Waals surface area contributed by atoms with Crippen molar-refractivity contribution in [2.75, 3.05) is 4.90 Å². The van der Waals surface area contributed by atoms with Gasteiger partial charge in [0, 0.05) is 71.7 Å². The largest absolute Gasteiger partial charge is 0.311 e. The Kier molecular flexibility index (Phi) is 12.5. The molecule has 18 aromatic rings. The lowest BCUT2D eigenvalue weighted by Gasteiger charge is -2.26. The summed E-state index contributed by atoms with van der Waals surface area (Å²) in [7, 11) is 0. The number of benzene rings is 14. The van der Waals surface area contributed by atoms with Gasteiger partial charge in [0.25, 0.3) is 0 Å². The molecule has 0 unspecified atom stereocenters. The molecule has 92 heavy (non-hydrogen) atoms. The van der Waals surface area contributed by atoms with Gasteiger partial charge < -0.3 is 14.0 Å². The van der Waals surface area contributed by atoms with Crippen LogP contribution < -0.4 is 4.90 Å². The molecule has 0 saturated carbocycles. The highest BCUT2D eigenvalue weighted by Gasteiger charge is 2.22. The second-order valence-corrected chi connectivity index (χ2v) is 23.7. The van der Waals surface area contributed by atoms with E-state index in [0.29, 0.717) is 5.82 Å². The van der Waals surface area contributed by atoms with Gasteiger partial charge in [0.05, 0.1) is 38.6 Å². The monoisotopic (exact) mass is 1170 g/mol. The van der Waals surface area contributed by atoms with Crippen LogP contribution in [0.4, 0.5) is 17.1 Å². The number of fused-ring (bicyclic) bond motifs is 10. The topological polar surface area (TPSA) is 43.8 Å². The van der Waals surface area contributed by atoms with Crippen LogP contribution in [0.2, 0.25) is 0 Å². The Labute approximate surface area is 531 Å². The second kappa shape index (κ2) is 21.7. The molecule has 0 aliphatic rings. The molecule has 14 aromatic carbocycles. The van der Waals surface area contributed by atoms with Crippen LogP contribution >= 0.6 is 0 Å². The molecule has 0 aliphatic heterocycles. The summed E-state index contributed by atoms with van der Waals surface area (Å²) >= 11 is 0. The third-order valence-corrected chi connectivity index (χ3v) is 18.4. The zero-order valence-corrected chi connectivity index (χ0v) is 50.0. The van der Waals surface area contributed by atoms with Crippen molar-refractivity contribution in [3.05, 3.63) is 340 Å². The fourth-order valence-corrected chi connectivity index (χ4v) is 14.1. The molecule has 0 aliphatic carbocycles. The average Bonchev–Trinajstić information content (AvgIpc) is 1.61. The van der Waals surface area contributed by atoms with Crippen molar-refractivity contribution in [2.24, 2.45) is 0 Å². The van der Waals surface area contributed by atoms with Crippen LogP contribution in [0.5, 0.6) is 0 Å². The first-order valence-electron chi connectivity index (χ1n) is 31.4. The third-order valence-electron chi connectivity index (χ3n) is 18.4. The third kappa shape index (κ3) is 8.87. The molecule has 0 fully saturated rings. The summed E-state index contributed by atoms with van der Waals surface area (Å²) in [5.74, 6) is 1.50. The molecular weight excluding hydrogens is 1120 g/mol. The van der Waals surface area contributed by atoms with Gasteiger partial charge in [-0.25, -0.2) is 9.97 Å². The summed E-state index contributed by atoms with van der Waals surface area (Å²) in [5, 5.41) is 8.14. The van der Waals surface area contributed by atoms with Gasteiger partial charge in [-0.15, -0.1) is 0 Å². The Morgan fingerprint density at radius 2 is 0.543 bits per heavy atom. The van der Waals surface area contributed by atoms with Crippen molar-refractivity contribution in [3.8, 4) is 73.1 Å². The molecular formula is C86H56N6. The average molecular weight is 1170 g/mol. The predicted molar refractivity (Wildman–Crippen MR) is 384 cm³/mol. The number of hydrogen-bond acceptors (Lipinski definition) is 3. The van der Waals surface area contributed by atoms with E-state index in [9.17, 15) is 0 Å². The molecule has 4 aromatic heterocycles. The molecule has 0 saturated heterocycles. The summed E-state index contributed by atoms with van der Waals surface area (Å²) in [5.41, 5.74) is 23.4. The van der Waals surface area contributed by atoms with Gasteiger partial charge in [0.1, 0.15) is 5.82 Å². The summed E-state index contributed by atoms with van der Waals surface area (Å²) < 4.78 is 7.10. The van der Waals surface area contributed by atoms with E-state index in [2.05, 4.69) is 358 Å². The van der Waals surface area contributed by atoms with Gasteiger partial charge in [-0.05, 0) is 172 Å². The van der Waals surface area contributed by atoms with Crippen molar-refractivity contribution in [1.29, 1.82) is 0 Å². The highest BCUT2D eigenvalue weighted by atomic mass is 15.1. The van der Waals surface area contributed by atoms with Gasteiger partial charge in [-0.2, -0.15) is 0 Å². The number of aromatic nitrogens is 5. The Morgan fingerprint density at radius 3 is 1.04 bits per heavy atom. The normalized spacial score (nSPS) is 11.7. The maximum atomic E-state index is 5.60. The van der Waals surface area contributed by atoms with Crippen molar-refractivity contribution in [2.45, 2.75) is 0 Å². The van der Waals surface area contributed by atoms with Gasteiger partial charge >= 0.3 is 0 Å². The molecule has 0 bridgehead atoms.